The normalized spacial score (nSPS) is 11.6. The number of pyridine rings is 1. The lowest BCUT2D eigenvalue weighted by Gasteiger charge is -2.12. The van der Waals surface area contributed by atoms with E-state index in [4.69, 9.17) is 0 Å². The first-order valence-electron chi connectivity index (χ1n) is 3.68. The summed E-state index contributed by atoms with van der Waals surface area (Å²) in [7, 11) is 0. The van der Waals surface area contributed by atoms with Crippen LogP contribution in [0.1, 0.15) is 5.56 Å². The molecule has 1 aromatic rings. The molecule has 66 valence electrons. The Bertz CT molecular complexity index is 234. The highest BCUT2D eigenvalue weighted by Crippen LogP contribution is 2.17. The van der Waals surface area contributed by atoms with Crippen molar-refractivity contribution in [2.45, 2.75) is 12.7 Å². The summed E-state index contributed by atoms with van der Waals surface area (Å²) in [5.74, 6) is 0. The number of halogens is 3. The Morgan fingerprint density at radius 1 is 1.33 bits per heavy atom. The highest BCUT2D eigenvalue weighted by atomic mass is 19.4. The third-order valence-electron chi connectivity index (χ3n) is 1.48. The van der Waals surface area contributed by atoms with E-state index < -0.39 is 13.3 Å². The molecule has 12 heavy (non-hydrogen) atoms. The summed E-state index contributed by atoms with van der Waals surface area (Å²) < 4.78 is 35.4. The van der Waals surface area contributed by atoms with Gasteiger partial charge in [0.2, 0.25) is 0 Å². The topological polar surface area (TPSA) is 12.9 Å². The van der Waals surface area contributed by atoms with Crippen LogP contribution in [0.4, 0.5) is 12.9 Å². The van der Waals surface area contributed by atoms with E-state index in [-0.39, 0.29) is 6.42 Å². The predicted molar refractivity (Wildman–Crippen MR) is 41.8 cm³/mol. The van der Waals surface area contributed by atoms with E-state index in [2.05, 4.69) is 4.98 Å². The Hall–Kier alpha value is -0.995. The van der Waals surface area contributed by atoms with Gasteiger partial charge in [-0.2, -0.15) is 0 Å². The molecule has 0 amide bonds. The Labute approximate surface area is 68.7 Å². The summed E-state index contributed by atoms with van der Waals surface area (Å²) in [5, 5.41) is 0. The summed E-state index contributed by atoms with van der Waals surface area (Å²) in [4.78, 5) is 3.72. The van der Waals surface area contributed by atoms with E-state index in [0.29, 0.717) is 5.56 Å². The lowest BCUT2D eigenvalue weighted by Crippen LogP contribution is -2.15. The van der Waals surface area contributed by atoms with Crippen LogP contribution in [-0.4, -0.2) is 12.0 Å². The lowest BCUT2D eigenvalue weighted by atomic mass is 9.83. The van der Waals surface area contributed by atoms with Gasteiger partial charge in [-0.15, -0.1) is 0 Å². The number of aryl methyl sites for hydroxylation is 1. The fraction of sp³-hybridized carbons (Fsp3) is 0.286. The molecule has 1 heterocycles. The molecule has 1 aromatic heterocycles. The third kappa shape index (κ3) is 3.41. The quantitative estimate of drug-likeness (QED) is 0.641. The monoisotopic (exact) mass is 174 g/mol. The largest absolute Gasteiger partial charge is 0.478 e. The molecule has 0 aliphatic heterocycles. The third-order valence-corrected chi connectivity index (χ3v) is 1.48. The molecule has 0 aromatic carbocycles. The van der Waals surface area contributed by atoms with Crippen LogP contribution in [0.2, 0.25) is 6.32 Å². The van der Waals surface area contributed by atoms with Crippen molar-refractivity contribution >= 4 is 6.98 Å². The van der Waals surface area contributed by atoms with E-state index in [1.54, 1.807) is 18.3 Å². The average molecular weight is 174 g/mol. The molecule has 0 aliphatic carbocycles. The van der Waals surface area contributed by atoms with Crippen molar-refractivity contribution in [3.8, 4) is 0 Å². The number of nitrogens with zero attached hydrogens (tertiary/aromatic N) is 1. The van der Waals surface area contributed by atoms with E-state index in [9.17, 15) is 12.9 Å². The number of hydrogen-bond acceptors (Lipinski definition) is 1. The van der Waals surface area contributed by atoms with Crippen molar-refractivity contribution in [2.24, 2.45) is 0 Å². The second-order valence-corrected chi connectivity index (χ2v) is 2.61. The highest BCUT2D eigenvalue weighted by Gasteiger charge is 2.21. The maximum absolute atomic E-state index is 11.8. The van der Waals surface area contributed by atoms with Gasteiger partial charge in [-0.3, -0.25) is 4.98 Å². The second-order valence-electron chi connectivity index (χ2n) is 2.61. The first-order chi connectivity index (χ1) is 5.58. The van der Waals surface area contributed by atoms with Crippen molar-refractivity contribution < 1.29 is 12.9 Å². The van der Waals surface area contributed by atoms with Crippen molar-refractivity contribution in [1.29, 1.82) is 0 Å². The molecule has 0 saturated carbocycles. The predicted octanol–water partition coefficient (Wildman–Crippen LogP) is 2.47. The SMILES string of the molecule is F[B-](F)(F)CCc1cccnc1. The molecule has 0 aliphatic rings. The van der Waals surface area contributed by atoms with Crippen LogP contribution in [-0.2, 0) is 6.42 Å². The minimum absolute atomic E-state index is 0.0390. The van der Waals surface area contributed by atoms with E-state index in [0.717, 1.165) is 0 Å². The Kier molecular flexibility index (Phi) is 2.73. The van der Waals surface area contributed by atoms with Crippen molar-refractivity contribution in [3.63, 3.8) is 0 Å². The smallest absolute Gasteiger partial charge is 0.449 e. The summed E-state index contributed by atoms with van der Waals surface area (Å²) >= 11 is 0. The highest BCUT2D eigenvalue weighted by molar-refractivity contribution is 6.58. The molecule has 0 spiro atoms. The first-order valence-corrected chi connectivity index (χ1v) is 3.68. The molecule has 0 N–H and O–H groups in total. The zero-order valence-corrected chi connectivity index (χ0v) is 6.38. The van der Waals surface area contributed by atoms with Crippen LogP contribution in [0.15, 0.2) is 24.5 Å². The summed E-state index contributed by atoms with van der Waals surface area (Å²) in [6, 6.07) is 3.29. The van der Waals surface area contributed by atoms with Gasteiger partial charge >= 0.3 is 6.98 Å². The van der Waals surface area contributed by atoms with E-state index in [1.807, 2.05) is 0 Å². The van der Waals surface area contributed by atoms with Crippen LogP contribution in [0.25, 0.3) is 0 Å². The number of hydrogen-bond donors (Lipinski definition) is 0. The molecule has 0 bridgehead atoms. The van der Waals surface area contributed by atoms with Gasteiger partial charge < -0.3 is 12.9 Å². The molecule has 0 fully saturated rings. The van der Waals surface area contributed by atoms with Crippen molar-refractivity contribution in [3.05, 3.63) is 30.1 Å². The fourth-order valence-electron chi connectivity index (χ4n) is 0.876. The second kappa shape index (κ2) is 3.60. The zero-order chi connectivity index (χ0) is 9.03. The van der Waals surface area contributed by atoms with E-state index in [1.165, 1.54) is 6.20 Å². The molecular weight excluding hydrogens is 166 g/mol. The van der Waals surface area contributed by atoms with Gasteiger partial charge in [-0.1, -0.05) is 18.8 Å². The van der Waals surface area contributed by atoms with Crippen LogP contribution in [0, 0.1) is 0 Å². The minimum Gasteiger partial charge on any atom is -0.449 e. The molecule has 5 heteroatoms. The van der Waals surface area contributed by atoms with Gasteiger partial charge in [0.05, 0.1) is 0 Å². The van der Waals surface area contributed by atoms with Gasteiger partial charge in [0, 0.05) is 12.4 Å². The van der Waals surface area contributed by atoms with Gasteiger partial charge in [0.25, 0.3) is 0 Å². The Balaban J connectivity index is 2.44. The van der Waals surface area contributed by atoms with Gasteiger partial charge in [-0.25, -0.2) is 0 Å². The lowest BCUT2D eigenvalue weighted by molar-refractivity contribution is 0.467. The Morgan fingerprint density at radius 2 is 2.08 bits per heavy atom. The van der Waals surface area contributed by atoms with Gasteiger partial charge in [-0.05, 0) is 11.6 Å². The van der Waals surface area contributed by atoms with Gasteiger partial charge in [0.1, 0.15) is 0 Å². The van der Waals surface area contributed by atoms with Gasteiger partial charge in [0.15, 0.2) is 0 Å². The minimum atomic E-state index is -4.66. The number of aromatic nitrogens is 1. The van der Waals surface area contributed by atoms with Crippen LogP contribution in [0.5, 0.6) is 0 Å². The molecule has 0 atom stereocenters. The van der Waals surface area contributed by atoms with Crippen LogP contribution < -0.4 is 0 Å². The molecule has 1 rings (SSSR count). The maximum atomic E-state index is 11.8. The first kappa shape index (κ1) is 9.10. The van der Waals surface area contributed by atoms with E-state index >= 15 is 0 Å². The molecule has 0 radical (unpaired) electrons. The summed E-state index contributed by atoms with van der Waals surface area (Å²) in [6.07, 6.45) is 2.33. The zero-order valence-electron chi connectivity index (χ0n) is 6.38. The molecular formula is C7H8BF3N-. The summed E-state index contributed by atoms with van der Waals surface area (Å²) in [5.41, 5.74) is 0.636. The van der Waals surface area contributed by atoms with Crippen LogP contribution >= 0.6 is 0 Å². The average Bonchev–Trinajstić information content (AvgIpc) is 2.02. The maximum Gasteiger partial charge on any atom is 0.478 e. The Morgan fingerprint density at radius 3 is 2.58 bits per heavy atom. The molecule has 1 nitrogen and oxygen atoms in total. The summed E-state index contributed by atoms with van der Waals surface area (Å²) in [6.45, 7) is -4.66. The van der Waals surface area contributed by atoms with Crippen molar-refractivity contribution in [2.75, 3.05) is 0 Å². The number of rotatable bonds is 3. The molecule has 0 saturated heterocycles. The van der Waals surface area contributed by atoms with Crippen LogP contribution in [0.3, 0.4) is 0 Å². The molecule has 0 unspecified atom stereocenters. The van der Waals surface area contributed by atoms with Crippen molar-refractivity contribution in [1.82, 2.24) is 4.98 Å². The standard InChI is InChI=1S/C7H8BF3N/c9-8(10,11)4-3-7-2-1-5-12-6-7/h1-2,5-6H,3-4H2/q-1. The fourth-order valence-corrected chi connectivity index (χ4v) is 0.876.